The van der Waals surface area contributed by atoms with Crippen LogP contribution in [0.2, 0.25) is 0 Å². The minimum absolute atomic E-state index is 0.0427. The molecule has 0 amide bonds. The molecule has 2 nitrogen and oxygen atoms in total. The summed E-state index contributed by atoms with van der Waals surface area (Å²) in [6, 6.07) is 14.5. The third-order valence-electron chi connectivity index (χ3n) is 3.38. The Labute approximate surface area is 133 Å². The van der Waals surface area contributed by atoms with E-state index in [1.54, 1.807) is 11.9 Å². The lowest BCUT2D eigenvalue weighted by Gasteiger charge is -2.18. The van der Waals surface area contributed by atoms with Crippen LogP contribution in [0.15, 0.2) is 47.4 Å². The average molecular weight is 294 g/mol. The SMILES string of the molecule is [B][B]N(C)Sc1ccccc1-c1ccc(CC)cc1CO. The molecule has 0 aliphatic heterocycles. The van der Waals surface area contributed by atoms with Crippen LogP contribution < -0.4 is 0 Å². The Hall–Kier alpha value is -1.16. The topological polar surface area (TPSA) is 23.5 Å². The monoisotopic (exact) mass is 294 g/mol. The van der Waals surface area contributed by atoms with Crippen LogP contribution in [0.5, 0.6) is 0 Å². The average Bonchev–Trinajstić information content (AvgIpc) is 2.54. The molecule has 0 atom stereocenters. The van der Waals surface area contributed by atoms with Gasteiger partial charge < -0.3 is 9.32 Å². The van der Waals surface area contributed by atoms with Gasteiger partial charge in [-0.1, -0.05) is 55.3 Å². The summed E-state index contributed by atoms with van der Waals surface area (Å²) in [5.41, 5.74) is 4.38. The highest BCUT2D eigenvalue weighted by Gasteiger charge is 2.11. The molecule has 0 aliphatic carbocycles. The molecule has 0 bridgehead atoms. The van der Waals surface area contributed by atoms with E-state index in [4.69, 9.17) is 7.74 Å². The van der Waals surface area contributed by atoms with Crippen molar-refractivity contribution in [3.8, 4) is 11.1 Å². The van der Waals surface area contributed by atoms with E-state index in [9.17, 15) is 5.11 Å². The first-order valence-electron chi connectivity index (χ1n) is 6.97. The van der Waals surface area contributed by atoms with E-state index in [2.05, 4.69) is 37.3 Å². The second-order valence-electron chi connectivity index (χ2n) is 4.79. The van der Waals surface area contributed by atoms with Crippen molar-refractivity contribution in [1.82, 2.24) is 4.22 Å². The van der Waals surface area contributed by atoms with Crippen molar-refractivity contribution >= 4 is 27.0 Å². The molecule has 0 spiro atoms. The van der Waals surface area contributed by atoms with Gasteiger partial charge in [0.25, 0.3) is 0 Å². The Morgan fingerprint density at radius 2 is 1.95 bits per heavy atom. The maximum Gasteiger partial charge on any atom is 0.164 e. The van der Waals surface area contributed by atoms with E-state index < -0.39 is 0 Å². The molecular weight excluding hydrogens is 276 g/mol. The standard InChI is InChI=1S/C16H18B2NOS/c1-3-12-8-9-14(13(10-12)11-20)15-6-4-5-7-16(15)21-19(2)18-17/h4-10,20H,3,11H2,1-2H3. The number of hydrogen-bond acceptors (Lipinski definition) is 3. The molecule has 5 heteroatoms. The molecule has 0 fully saturated rings. The summed E-state index contributed by atoms with van der Waals surface area (Å²) in [5.74, 6) is 0. The fourth-order valence-electron chi connectivity index (χ4n) is 2.21. The summed E-state index contributed by atoms with van der Waals surface area (Å²) in [4.78, 5) is 1.11. The van der Waals surface area contributed by atoms with Crippen LogP contribution >= 0.6 is 11.9 Å². The number of aliphatic hydroxyl groups excluding tert-OH is 1. The van der Waals surface area contributed by atoms with Crippen LogP contribution in [0.25, 0.3) is 11.1 Å². The van der Waals surface area contributed by atoms with Crippen molar-refractivity contribution in [2.75, 3.05) is 7.05 Å². The molecule has 0 saturated heterocycles. The summed E-state index contributed by atoms with van der Waals surface area (Å²) in [5, 5.41) is 9.68. The highest BCUT2D eigenvalue weighted by Crippen LogP contribution is 2.34. The molecule has 1 N–H and O–H groups in total. The summed E-state index contributed by atoms with van der Waals surface area (Å²) in [6.07, 6.45) is 0.967. The minimum atomic E-state index is 0.0427. The molecule has 0 aliphatic rings. The minimum Gasteiger partial charge on any atom is -0.392 e. The van der Waals surface area contributed by atoms with Crippen molar-refractivity contribution in [3.05, 3.63) is 53.6 Å². The maximum absolute atomic E-state index is 9.68. The maximum atomic E-state index is 9.68. The van der Waals surface area contributed by atoms with Gasteiger partial charge in [-0.25, -0.2) is 0 Å². The zero-order valence-electron chi connectivity index (χ0n) is 12.4. The first-order valence-corrected chi connectivity index (χ1v) is 7.74. The van der Waals surface area contributed by atoms with Gasteiger partial charge in [0.2, 0.25) is 0 Å². The molecule has 21 heavy (non-hydrogen) atoms. The summed E-state index contributed by atoms with van der Waals surface area (Å²) >= 11 is 1.57. The fraction of sp³-hybridized carbons (Fsp3) is 0.250. The highest BCUT2D eigenvalue weighted by atomic mass is 32.2. The number of benzene rings is 2. The summed E-state index contributed by atoms with van der Waals surface area (Å²) < 4.78 is 1.86. The normalized spacial score (nSPS) is 10.9. The van der Waals surface area contributed by atoms with Gasteiger partial charge in [-0.2, -0.15) is 0 Å². The van der Waals surface area contributed by atoms with Gasteiger partial charge in [0, 0.05) is 12.6 Å². The predicted octanol–water partition coefficient (Wildman–Crippen LogP) is 3.05. The zero-order chi connectivity index (χ0) is 15.2. The number of aliphatic hydroxyl groups is 1. The second kappa shape index (κ2) is 7.74. The van der Waals surface area contributed by atoms with Crippen LogP contribution in [-0.2, 0) is 13.0 Å². The first-order chi connectivity index (χ1) is 10.2. The predicted molar refractivity (Wildman–Crippen MR) is 92.3 cm³/mol. The molecule has 105 valence electrons. The summed E-state index contributed by atoms with van der Waals surface area (Å²) in [6.45, 7) is 2.16. The van der Waals surface area contributed by atoms with E-state index >= 15 is 0 Å². The van der Waals surface area contributed by atoms with Gasteiger partial charge in [-0.3, -0.25) is 0 Å². The third kappa shape index (κ3) is 3.94. The Morgan fingerprint density at radius 3 is 2.62 bits per heavy atom. The Kier molecular flexibility index (Phi) is 5.97. The molecular formula is C16H18B2NOS. The molecule has 2 aromatic carbocycles. The van der Waals surface area contributed by atoms with E-state index in [-0.39, 0.29) is 6.61 Å². The van der Waals surface area contributed by atoms with Gasteiger partial charge in [-0.05, 0) is 41.8 Å². The second-order valence-corrected chi connectivity index (χ2v) is 5.98. The number of nitrogens with zero attached hydrogens (tertiary/aromatic N) is 1. The molecule has 0 heterocycles. The van der Waals surface area contributed by atoms with Gasteiger partial charge >= 0.3 is 0 Å². The molecule has 3 radical (unpaired) electrons. The van der Waals surface area contributed by atoms with E-state index in [1.807, 2.05) is 23.4 Å². The largest absolute Gasteiger partial charge is 0.392 e. The number of aryl methyl sites for hydroxylation is 1. The van der Waals surface area contributed by atoms with Crippen molar-refractivity contribution in [2.24, 2.45) is 0 Å². The van der Waals surface area contributed by atoms with Gasteiger partial charge in [-0.15, -0.1) is 0 Å². The van der Waals surface area contributed by atoms with Crippen LogP contribution in [0, 0.1) is 0 Å². The van der Waals surface area contributed by atoms with E-state index in [0.717, 1.165) is 28.0 Å². The van der Waals surface area contributed by atoms with Gasteiger partial charge in [0.1, 0.15) is 0 Å². The van der Waals surface area contributed by atoms with Crippen LogP contribution in [-0.4, -0.2) is 31.4 Å². The first kappa shape index (κ1) is 16.2. The van der Waals surface area contributed by atoms with E-state index in [0.29, 0.717) is 0 Å². The quantitative estimate of drug-likeness (QED) is 0.654. The Bertz CT molecular complexity index is 607. The molecule has 0 aromatic heterocycles. The third-order valence-corrected chi connectivity index (χ3v) is 4.34. The lowest BCUT2D eigenvalue weighted by atomic mass is 9.67. The van der Waals surface area contributed by atoms with Crippen molar-refractivity contribution in [1.29, 1.82) is 0 Å². The zero-order valence-corrected chi connectivity index (χ0v) is 13.2. The lowest BCUT2D eigenvalue weighted by Crippen LogP contribution is -2.14. The molecule has 2 rings (SSSR count). The van der Waals surface area contributed by atoms with Gasteiger partial charge in [0.05, 0.1) is 6.61 Å². The van der Waals surface area contributed by atoms with Crippen LogP contribution in [0.1, 0.15) is 18.1 Å². The smallest absolute Gasteiger partial charge is 0.164 e. The van der Waals surface area contributed by atoms with Crippen LogP contribution in [0.3, 0.4) is 0 Å². The van der Waals surface area contributed by atoms with Crippen molar-refractivity contribution in [3.63, 3.8) is 0 Å². The number of rotatable bonds is 6. The Balaban J connectivity index is 2.46. The number of hydrogen-bond donors (Lipinski definition) is 1. The van der Waals surface area contributed by atoms with Crippen molar-refractivity contribution in [2.45, 2.75) is 24.8 Å². The Morgan fingerprint density at radius 1 is 1.19 bits per heavy atom. The van der Waals surface area contributed by atoms with Crippen molar-refractivity contribution < 1.29 is 5.11 Å². The van der Waals surface area contributed by atoms with Gasteiger partial charge in [0.15, 0.2) is 7.31 Å². The van der Waals surface area contributed by atoms with E-state index in [1.165, 1.54) is 12.9 Å². The fourth-order valence-corrected chi connectivity index (χ4v) is 3.00. The highest BCUT2D eigenvalue weighted by molar-refractivity contribution is 7.98. The molecule has 2 aromatic rings. The lowest BCUT2D eigenvalue weighted by molar-refractivity contribution is 0.282. The molecule has 0 unspecified atom stereocenters. The van der Waals surface area contributed by atoms with Crippen LogP contribution in [0.4, 0.5) is 0 Å². The summed E-state index contributed by atoms with van der Waals surface area (Å²) in [7, 11) is 8.99. The molecule has 0 saturated carbocycles.